The maximum Gasteiger partial charge on any atom is 0.265 e. The molecule has 3 aromatic carbocycles. The van der Waals surface area contributed by atoms with Gasteiger partial charge in [-0.15, -0.1) is 0 Å². The van der Waals surface area contributed by atoms with Crippen molar-refractivity contribution < 1.29 is 14.3 Å². The Morgan fingerprint density at radius 3 is 2.22 bits per heavy atom. The van der Waals surface area contributed by atoms with Gasteiger partial charge >= 0.3 is 0 Å². The summed E-state index contributed by atoms with van der Waals surface area (Å²) in [6, 6.07) is 20.4. The smallest absolute Gasteiger partial charge is 0.265 e. The predicted octanol–water partition coefficient (Wildman–Crippen LogP) is 6.14. The lowest BCUT2D eigenvalue weighted by molar-refractivity contribution is -0.122. The van der Waals surface area contributed by atoms with Crippen LogP contribution in [-0.4, -0.2) is 24.5 Å². The molecule has 0 heterocycles. The van der Waals surface area contributed by atoms with Crippen molar-refractivity contribution in [3.8, 4) is 5.75 Å². The van der Waals surface area contributed by atoms with Crippen molar-refractivity contribution >= 4 is 39.1 Å². The summed E-state index contributed by atoms with van der Waals surface area (Å²) in [5.41, 5.74) is 3.56. The lowest BCUT2D eigenvalue weighted by atomic mass is 10.1. The van der Waals surface area contributed by atoms with Crippen LogP contribution in [0.15, 0.2) is 71.2 Å². The molecule has 1 N–H and O–H groups in total. The van der Waals surface area contributed by atoms with Crippen LogP contribution >= 0.6 is 15.9 Å². The molecule has 0 saturated carbocycles. The number of ether oxygens (including phenoxy) is 1. The summed E-state index contributed by atoms with van der Waals surface area (Å²) >= 11 is 3.47. The Labute approximate surface area is 197 Å². The molecular weight excluding hydrogens is 468 g/mol. The molecule has 5 nitrogen and oxygen atoms in total. The van der Waals surface area contributed by atoms with Crippen molar-refractivity contribution in [1.29, 1.82) is 0 Å². The number of benzene rings is 3. The number of carbonyl (C=O) groups excluding carboxylic acids is 2. The lowest BCUT2D eigenvalue weighted by Gasteiger charge is -2.23. The van der Waals surface area contributed by atoms with Gasteiger partial charge in [-0.25, -0.2) is 0 Å². The van der Waals surface area contributed by atoms with E-state index in [4.69, 9.17) is 4.74 Å². The molecule has 32 heavy (non-hydrogen) atoms. The van der Waals surface area contributed by atoms with Crippen molar-refractivity contribution in [2.24, 2.45) is 0 Å². The fourth-order valence-corrected chi connectivity index (χ4v) is 4.21. The predicted molar refractivity (Wildman–Crippen MR) is 133 cm³/mol. The normalized spacial score (nSPS) is 11.5. The third-order valence-corrected chi connectivity index (χ3v) is 5.59. The largest absolute Gasteiger partial charge is 0.480 e. The second-order valence-corrected chi connectivity index (χ2v) is 8.46. The second kappa shape index (κ2) is 10.5. The highest BCUT2D eigenvalue weighted by atomic mass is 79.9. The van der Waals surface area contributed by atoms with E-state index in [0.29, 0.717) is 23.5 Å². The molecule has 0 aromatic heterocycles. The Bertz CT molecular complexity index is 1090. The van der Waals surface area contributed by atoms with Gasteiger partial charge in [0, 0.05) is 16.7 Å². The Hall–Kier alpha value is -3.12. The third kappa shape index (κ3) is 5.37. The van der Waals surface area contributed by atoms with E-state index in [1.807, 2.05) is 63.2 Å². The SMILES string of the molecule is CCN(C(=O)c1ccccc1NC(=O)C(C)Oc1c(C)cc(Br)cc1C)c1ccccc1. The van der Waals surface area contributed by atoms with Crippen molar-refractivity contribution in [3.05, 3.63) is 87.9 Å². The Morgan fingerprint density at radius 1 is 1.00 bits per heavy atom. The van der Waals surface area contributed by atoms with E-state index in [1.165, 1.54) is 0 Å². The summed E-state index contributed by atoms with van der Waals surface area (Å²) in [5, 5.41) is 2.87. The van der Waals surface area contributed by atoms with Gasteiger partial charge in [-0.1, -0.05) is 46.3 Å². The quantitative estimate of drug-likeness (QED) is 0.429. The number of hydrogen-bond donors (Lipinski definition) is 1. The van der Waals surface area contributed by atoms with E-state index in [9.17, 15) is 9.59 Å². The topological polar surface area (TPSA) is 58.6 Å². The fourth-order valence-electron chi connectivity index (χ4n) is 3.52. The van der Waals surface area contributed by atoms with Crippen molar-refractivity contribution in [3.63, 3.8) is 0 Å². The van der Waals surface area contributed by atoms with Crippen LogP contribution < -0.4 is 15.0 Å². The minimum absolute atomic E-state index is 0.178. The van der Waals surface area contributed by atoms with Gasteiger partial charge in [-0.3, -0.25) is 9.59 Å². The van der Waals surface area contributed by atoms with Gasteiger partial charge in [0.25, 0.3) is 11.8 Å². The summed E-state index contributed by atoms with van der Waals surface area (Å²) in [6.07, 6.45) is -0.742. The van der Waals surface area contributed by atoms with Crippen molar-refractivity contribution in [2.45, 2.75) is 33.8 Å². The molecule has 166 valence electrons. The molecule has 0 bridgehead atoms. The third-order valence-electron chi connectivity index (χ3n) is 5.13. The molecule has 6 heteroatoms. The number of nitrogens with zero attached hydrogens (tertiary/aromatic N) is 1. The molecule has 1 unspecified atom stereocenters. The van der Waals surface area contributed by atoms with Crippen LogP contribution in [0.3, 0.4) is 0 Å². The number of nitrogens with one attached hydrogen (secondary N) is 1. The summed E-state index contributed by atoms with van der Waals surface area (Å²) < 4.78 is 6.94. The van der Waals surface area contributed by atoms with Crippen LogP contribution in [0.2, 0.25) is 0 Å². The first-order valence-corrected chi connectivity index (χ1v) is 11.3. The minimum atomic E-state index is -0.742. The molecule has 0 spiro atoms. The van der Waals surface area contributed by atoms with Crippen LogP contribution in [-0.2, 0) is 4.79 Å². The Morgan fingerprint density at radius 2 is 1.59 bits per heavy atom. The number of para-hydroxylation sites is 2. The molecule has 0 saturated heterocycles. The van der Waals surface area contributed by atoms with E-state index >= 15 is 0 Å². The molecule has 2 amide bonds. The van der Waals surface area contributed by atoms with Gasteiger partial charge in [0.05, 0.1) is 11.3 Å². The van der Waals surface area contributed by atoms with Gasteiger partial charge in [-0.05, 0) is 75.2 Å². The number of hydrogen-bond acceptors (Lipinski definition) is 3. The number of anilines is 2. The van der Waals surface area contributed by atoms with E-state index < -0.39 is 6.10 Å². The molecular formula is C26H27BrN2O3. The summed E-state index contributed by atoms with van der Waals surface area (Å²) in [7, 11) is 0. The number of amides is 2. The van der Waals surface area contributed by atoms with Crippen LogP contribution in [0.1, 0.15) is 35.3 Å². The van der Waals surface area contributed by atoms with Crippen LogP contribution in [0.5, 0.6) is 5.75 Å². The van der Waals surface area contributed by atoms with Crippen LogP contribution in [0, 0.1) is 13.8 Å². The number of aryl methyl sites for hydroxylation is 2. The first-order chi connectivity index (χ1) is 15.3. The molecule has 1 atom stereocenters. The minimum Gasteiger partial charge on any atom is -0.480 e. The highest BCUT2D eigenvalue weighted by Crippen LogP contribution is 2.28. The Balaban J connectivity index is 1.80. The average molecular weight is 495 g/mol. The van der Waals surface area contributed by atoms with E-state index in [-0.39, 0.29) is 11.8 Å². The van der Waals surface area contributed by atoms with Crippen LogP contribution in [0.25, 0.3) is 0 Å². The monoisotopic (exact) mass is 494 g/mol. The van der Waals surface area contributed by atoms with E-state index in [1.54, 1.807) is 36.1 Å². The molecule has 3 aromatic rings. The summed E-state index contributed by atoms with van der Waals surface area (Å²) in [6.45, 7) is 8.00. The van der Waals surface area contributed by atoms with Crippen LogP contribution in [0.4, 0.5) is 11.4 Å². The Kier molecular flexibility index (Phi) is 7.70. The van der Waals surface area contributed by atoms with Gasteiger partial charge in [-0.2, -0.15) is 0 Å². The molecule has 3 rings (SSSR count). The average Bonchev–Trinajstić information content (AvgIpc) is 2.77. The standard InChI is InChI=1S/C26H27BrN2O3/c1-5-29(21-11-7-6-8-12-21)26(31)22-13-9-10-14-23(22)28-25(30)19(4)32-24-17(2)15-20(27)16-18(24)3/h6-16,19H,5H2,1-4H3,(H,28,30). The fraction of sp³-hybridized carbons (Fsp3) is 0.231. The van der Waals surface area contributed by atoms with Crippen molar-refractivity contribution in [2.75, 3.05) is 16.8 Å². The maximum absolute atomic E-state index is 13.3. The summed E-state index contributed by atoms with van der Waals surface area (Å²) in [4.78, 5) is 27.9. The van der Waals surface area contributed by atoms with Gasteiger partial charge in [0.2, 0.25) is 0 Å². The van der Waals surface area contributed by atoms with Crippen molar-refractivity contribution in [1.82, 2.24) is 0 Å². The molecule has 0 fully saturated rings. The van der Waals surface area contributed by atoms with E-state index in [2.05, 4.69) is 21.2 Å². The van der Waals surface area contributed by atoms with E-state index in [0.717, 1.165) is 21.3 Å². The zero-order valence-corrected chi connectivity index (χ0v) is 20.3. The molecule has 0 aliphatic rings. The lowest BCUT2D eigenvalue weighted by Crippen LogP contribution is -2.34. The number of carbonyl (C=O) groups is 2. The first-order valence-electron chi connectivity index (χ1n) is 10.5. The van der Waals surface area contributed by atoms with Gasteiger partial charge < -0.3 is 15.0 Å². The maximum atomic E-state index is 13.3. The molecule has 0 aliphatic carbocycles. The van der Waals surface area contributed by atoms with Gasteiger partial charge in [0.1, 0.15) is 5.75 Å². The first kappa shape index (κ1) is 23.5. The van der Waals surface area contributed by atoms with Gasteiger partial charge in [0.15, 0.2) is 6.10 Å². The number of halogens is 1. The molecule has 0 radical (unpaired) electrons. The highest BCUT2D eigenvalue weighted by molar-refractivity contribution is 9.10. The highest BCUT2D eigenvalue weighted by Gasteiger charge is 2.22. The zero-order valence-electron chi connectivity index (χ0n) is 18.7. The number of rotatable bonds is 7. The second-order valence-electron chi connectivity index (χ2n) is 7.55. The zero-order chi connectivity index (χ0) is 23.3. The molecule has 0 aliphatic heterocycles. The summed E-state index contributed by atoms with van der Waals surface area (Å²) in [5.74, 6) is 0.180.